The molecule has 1 aliphatic rings. The van der Waals surface area contributed by atoms with Crippen molar-refractivity contribution in [2.45, 2.75) is 25.8 Å². The predicted molar refractivity (Wildman–Crippen MR) is 65.6 cm³/mol. The van der Waals surface area contributed by atoms with E-state index in [-0.39, 0.29) is 5.91 Å². The van der Waals surface area contributed by atoms with Crippen LogP contribution in [0.1, 0.15) is 30.3 Å². The van der Waals surface area contributed by atoms with Gasteiger partial charge in [-0.3, -0.25) is 14.8 Å². The second kappa shape index (κ2) is 5.18. The van der Waals surface area contributed by atoms with Gasteiger partial charge in [-0.2, -0.15) is 5.10 Å². The fraction of sp³-hybridized carbons (Fsp3) is 0.636. The molecular formula is C11H19N5O. The summed E-state index contributed by atoms with van der Waals surface area (Å²) in [5.74, 6) is -0.189. The Morgan fingerprint density at radius 2 is 2.35 bits per heavy atom. The molecule has 1 aromatic heterocycles. The Morgan fingerprint density at radius 3 is 2.94 bits per heavy atom. The monoisotopic (exact) mass is 237 g/mol. The smallest absolute Gasteiger partial charge is 0.271 e. The van der Waals surface area contributed by atoms with Gasteiger partial charge in [0.1, 0.15) is 5.69 Å². The van der Waals surface area contributed by atoms with Gasteiger partial charge in [0.25, 0.3) is 5.91 Å². The van der Waals surface area contributed by atoms with Crippen molar-refractivity contribution in [3.05, 3.63) is 11.9 Å². The Bertz CT molecular complexity index is 383. The number of likely N-dealkylation sites (tertiary alicyclic amines) is 1. The highest BCUT2D eigenvalue weighted by Crippen LogP contribution is 2.11. The van der Waals surface area contributed by atoms with Crippen molar-refractivity contribution in [3.8, 4) is 0 Å². The highest BCUT2D eigenvalue weighted by atomic mass is 16.1. The fourth-order valence-electron chi connectivity index (χ4n) is 2.12. The number of aromatic nitrogens is 2. The van der Waals surface area contributed by atoms with Gasteiger partial charge in [0.15, 0.2) is 0 Å². The first-order chi connectivity index (χ1) is 8.18. The molecule has 1 fully saturated rings. The normalized spacial score (nSPS) is 18.2. The number of nitrogens with zero attached hydrogens (tertiary/aromatic N) is 2. The van der Waals surface area contributed by atoms with E-state index in [2.05, 4.69) is 27.3 Å². The molecule has 94 valence electrons. The second-order valence-corrected chi connectivity index (χ2v) is 4.50. The van der Waals surface area contributed by atoms with Gasteiger partial charge in [0.05, 0.1) is 11.9 Å². The van der Waals surface area contributed by atoms with Crippen LogP contribution in [0.3, 0.4) is 0 Å². The number of nitrogens with two attached hydrogens (primary N) is 1. The van der Waals surface area contributed by atoms with Crippen LogP contribution in [-0.4, -0.2) is 46.7 Å². The number of rotatable bonds is 4. The molecule has 1 amide bonds. The van der Waals surface area contributed by atoms with E-state index < -0.39 is 0 Å². The summed E-state index contributed by atoms with van der Waals surface area (Å²) in [4.78, 5) is 14.2. The Labute approximate surface area is 101 Å². The fourth-order valence-corrected chi connectivity index (χ4v) is 2.12. The molecule has 0 radical (unpaired) electrons. The number of nitrogen functional groups attached to an aromatic ring is 1. The Balaban J connectivity index is 1.82. The topological polar surface area (TPSA) is 87.0 Å². The van der Waals surface area contributed by atoms with Gasteiger partial charge in [-0.15, -0.1) is 0 Å². The lowest BCUT2D eigenvalue weighted by molar-refractivity contribution is 0.0936. The largest absolute Gasteiger partial charge is 0.396 e. The zero-order valence-corrected chi connectivity index (χ0v) is 10.1. The molecule has 0 bridgehead atoms. The molecule has 2 heterocycles. The highest BCUT2D eigenvalue weighted by Gasteiger charge is 2.19. The van der Waals surface area contributed by atoms with Crippen molar-refractivity contribution in [3.63, 3.8) is 0 Å². The third-order valence-corrected chi connectivity index (χ3v) is 3.22. The molecule has 0 aliphatic carbocycles. The van der Waals surface area contributed by atoms with Crippen LogP contribution in [-0.2, 0) is 0 Å². The van der Waals surface area contributed by atoms with E-state index in [1.165, 1.54) is 19.0 Å². The number of carbonyl (C=O) groups is 1. The molecule has 0 spiro atoms. The molecule has 1 atom stereocenters. The molecule has 2 rings (SSSR count). The average molecular weight is 237 g/mol. The minimum atomic E-state index is -0.189. The molecule has 1 aliphatic heterocycles. The standard InChI is InChI=1S/C11H19N5O/c1-8(16-4-2-3-5-16)6-13-11(17)10-9(12)7-14-15-10/h7-8H,2-6,12H2,1H3,(H,13,17)(H,14,15). The van der Waals surface area contributed by atoms with Crippen LogP contribution in [0.4, 0.5) is 5.69 Å². The summed E-state index contributed by atoms with van der Waals surface area (Å²) in [5, 5.41) is 9.19. The SMILES string of the molecule is CC(CNC(=O)c1[nH]ncc1N)N1CCCC1. The average Bonchev–Trinajstić information content (AvgIpc) is 2.95. The molecule has 1 saturated heterocycles. The molecular weight excluding hydrogens is 218 g/mol. The zero-order valence-electron chi connectivity index (χ0n) is 10.1. The van der Waals surface area contributed by atoms with Gasteiger partial charge in [0, 0.05) is 12.6 Å². The van der Waals surface area contributed by atoms with E-state index in [0.29, 0.717) is 24.0 Å². The Hall–Kier alpha value is -1.56. The van der Waals surface area contributed by atoms with Crippen LogP contribution in [0.5, 0.6) is 0 Å². The van der Waals surface area contributed by atoms with Crippen LogP contribution in [0.15, 0.2) is 6.20 Å². The van der Waals surface area contributed by atoms with Gasteiger partial charge in [-0.05, 0) is 32.9 Å². The van der Waals surface area contributed by atoms with Crippen LogP contribution in [0.25, 0.3) is 0 Å². The number of carbonyl (C=O) groups excluding carboxylic acids is 1. The van der Waals surface area contributed by atoms with E-state index >= 15 is 0 Å². The molecule has 6 nitrogen and oxygen atoms in total. The van der Waals surface area contributed by atoms with Crippen molar-refractivity contribution >= 4 is 11.6 Å². The van der Waals surface area contributed by atoms with Crippen molar-refractivity contribution in [2.75, 3.05) is 25.4 Å². The summed E-state index contributed by atoms with van der Waals surface area (Å²) in [6.45, 7) is 5.02. The van der Waals surface area contributed by atoms with Gasteiger partial charge < -0.3 is 11.1 Å². The molecule has 0 saturated carbocycles. The molecule has 1 unspecified atom stereocenters. The van der Waals surface area contributed by atoms with Gasteiger partial charge >= 0.3 is 0 Å². The number of anilines is 1. The van der Waals surface area contributed by atoms with Crippen LogP contribution >= 0.6 is 0 Å². The van der Waals surface area contributed by atoms with E-state index in [1.807, 2.05) is 0 Å². The number of amides is 1. The van der Waals surface area contributed by atoms with Gasteiger partial charge in [-0.1, -0.05) is 0 Å². The van der Waals surface area contributed by atoms with Gasteiger partial charge in [-0.25, -0.2) is 0 Å². The quantitative estimate of drug-likeness (QED) is 0.698. The maximum atomic E-state index is 11.8. The zero-order chi connectivity index (χ0) is 12.3. The lowest BCUT2D eigenvalue weighted by atomic mass is 10.3. The summed E-state index contributed by atoms with van der Waals surface area (Å²) in [6, 6.07) is 0.366. The van der Waals surface area contributed by atoms with E-state index in [1.54, 1.807) is 0 Å². The first-order valence-corrected chi connectivity index (χ1v) is 5.99. The van der Waals surface area contributed by atoms with E-state index in [9.17, 15) is 4.79 Å². The number of H-pyrrole nitrogens is 1. The highest BCUT2D eigenvalue weighted by molar-refractivity contribution is 5.96. The van der Waals surface area contributed by atoms with Crippen molar-refractivity contribution in [1.82, 2.24) is 20.4 Å². The van der Waals surface area contributed by atoms with Crippen molar-refractivity contribution < 1.29 is 4.79 Å². The van der Waals surface area contributed by atoms with Crippen molar-refractivity contribution in [2.24, 2.45) is 0 Å². The van der Waals surface area contributed by atoms with E-state index in [4.69, 9.17) is 5.73 Å². The first-order valence-electron chi connectivity index (χ1n) is 5.99. The summed E-state index contributed by atoms with van der Waals surface area (Å²) in [7, 11) is 0. The minimum absolute atomic E-state index is 0.189. The third-order valence-electron chi connectivity index (χ3n) is 3.22. The summed E-state index contributed by atoms with van der Waals surface area (Å²) in [6.07, 6.45) is 3.95. The summed E-state index contributed by atoms with van der Waals surface area (Å²) < 4.78 is 0. The lowest BCUT2D eigenvalue weighted by Gasteiger charge is -2.23. The number of hydrogen-bond donors (Lipinski definition) is 3. The number of hydrogen-bond acceptors (Lipinski definition) is 4. The number of aromatic amines is 1. The molecule has 1 aromatic rings. The molecule has 4 N–H and O–H groups in total. The number of nitrogens with one attached hydrogen (secondary N) is 2. The predicted octanol–water partition coefficient (Wildman–Crippen LogP) is 0.206. The first kappa shape index (κ1) is 11.9. The Kier molecular flexibility index (Phi) is 3.63. The minimum Gasteiger partial charge on any atom is -0.396 e. The molecule has 0 aromatic carbocycles. The van der Waals surface area contributed by atoms with Crippen LogP contribution < -0.4 is 11.1 Å². The maximum Gasteiger partial charge on any atom is 0.271 e. The third kappa shape index (κ3) is 2.76. The van der Waals surface area contributed by atoms with Crippen LogP contribution in [0.2, 0.25) is 0 Å². The van der Waals surface area contributed by atoms with E-state index in [0.717, 1.165) is 13.1 Å². The van der Waals surface area contributed by atoms with Gasteiger partial charge in [0.2, 0.25) is 0 Å². The van der Waals surface area contributed by atoms with Crippen LogP contribution in [0, 0.1) is 0 Å². The summed E-state index contributed by atoms with van der Waals surface area (Å²) >= 11 is 0. The molecule has 6 heteroatoms. The van der Waals surface area contributed by atoms with Crippen molar-refractivity contribution in [1.29, 1.82) is 0 Å². The molecule has 17 heavy (non-hydrogen) atoms. The second-order valence-electron chi connectivity index (χ2n) is 4.50. The lowest BCUT2D eigenvalue weighted by Crippen LogP contribution is -2.40. The summed E-state index contributed by atoms with van der Waals surface area (Å²) in [5.41, 5.74) is 6.34. The Morgan fingerprint density at radius 1 is 1.65 bits per heavy atom. The maximum absolute atomic E-state index is 11.8.